The fourth-order valence-corrected chi connectivity index (χ4v) is 5.30. The number of ether oxygens (including phenoxy) is 1. The van der Waals surface area contributed by atoms with E-state index in [1.807, 2.05) is 31.2 Å². The second-order valence-electron chi connectivity index (χ2n) is 9.03. The molecule has 2 atom stereocenters. The largest absolute Gasteiger partial charge is 0.481 e. The molecule has 2 aromatic rings. The van der Waals surface area contributed by atoms with Gasteiger partial charge >= 0.3 is 12.1 Å². The highest BCUT2D eigenvalue weighted by Gasteiger charge is 2.37. The molecule has 0 bridgehead atoms. The van der Waals surface area contributed by atoms with Gasteiger partial charge in [-0.1, -0.05) is 55.0 Å². The zero-order valence-corrected chi connectivity index (χ0v) is 19.5. The van der Waals surface area contributed by atoms with Gasteiger partial charge in [0.2, 0.25) is 5.91 Å². The number of carboxylic acids is 1. The van der Waals surface area contributed by atoms with Crippen molar-refractivity contribution in [1.29, 1.82) is 0 Å². The van der Waals surface area contributed by atoms with Crippen LogP contribution in [0.2, 0.25) is 0 Å². The molecule has 2 aliphatic carbocycles. The van der Waals surface area contributed by atoms with Gasteiger partial charge in [0.15, 0.2) is 0 Å². The Kier molecular flexibility index (Phi) is 7.50. The molecule has 2 unspecified atom stereocenters. The molecule has 0 aromatic heterocycles. The van der Waals surface area contributed by atoms with Crippen LogP contribution in [0.4, 0.5) is 4.79 Å². The van der Waals surface area contributed by atoms with Crippen LogP contribution >= 0.6 is 0 Å². The number of rotatable bonds is 9. The van der Waals surface area contributed by atoms with E-state index in [1.165, 1.54) is 11.1 Å². The summed E-state index contributed by atoms with van der Waals surface area (Å²) in [5.74, 6) is -1.19. The quantitative estimate of drug-likeness (QED) is 0.573. The van der Waals surface area contributed by atoms with Gasteiger partial charge in [-0.15, -0.1) is 0 Å². The van der Waals surface area contributed by atoms with Gasteiger partial charge in [-0.3, -0.25) is 9.59 Å². The number of carbonyl (C=O) groups is 3. The molecule has 1 saturated carbocycles. The molecular formula is C27H32N2O5. The molecule has 0 heterocycles. The van der Waals surface area contributed by atoms with Gasteiger partial charge in [0.1, 0.15) is 6.61 Å². The standard InChI is InChI=1S/C27H32N2O5/c1-2-29(16-8-15-25(30)31)26(32)22-13-7-14-24(22)28-27(33)34-17-23-20-11-5-3-9-18(20)19-10-4-6-12-21(19)23/h3-6,9-12,22-24H,2,7-8,13-17H2,1H3,(H,28,33)(H,30,31). The van der Waals surface area contributed by atoms with E-state index in [4.69, 9.17) is 9.84 Å². The number of aliphatic carboxylic acids is 1. The summed E-state index contributed by atoms with van der Waals surface area (Å²) in [6.07, 6.45) is 2.26. The molecule has 0 aliphatic heterocycles. The summed E-state index contributed by atoms with van der Waals surface area (Å²) in [7, 11) is 0. The smallest absolute Gasteiger partial charge is 0.407 e. The van der Waals surface area contributed by atoms with Crippen LogP contribution < -0.4 is 5.32 Å². The highest BCUT2D eigenvalue weighted by Crippen LogP contribution is 2.44. The van der Waals surface area contributed by atoms with E-state index in [0.29, 0.717) is 25.9 Å². The Labute approximate surface area is 200 Å². The molecule has 7 heteroatoms. The second kappa shape index (κ2) is 10.7. The van der Waals surface area contributed by atoms with Crippen LogP contribution in [0.15, 0.2) is 48.5 Å². The number of carboxylic acid groups (broad SMARTS) is 1. The lowest BCUT2D eigenvalue weighted by molar-refractivity contribution is -0.139. The van der Waals surface area contributed by atoms with E-state index in [2.05, 4.69) is 29.6 Å². The van der Waals surface area contributed by atoms with Crippen molar-refractivity contribution >= 4 is 18.0 Å². The Hall–Kier alpha value is -3.35. The number of nitrogens with one attached hydrogen (secondary N) is 1. The number of amides is 2. The van der Waals surface area contributed by atoms with Crippen molar-refractivity contribution in [2.75, 3.05) is 19.7 Å². The Balaban J connectivity index is 1.35. The van der Waals surface area contributed by atoms with Crippen LogP contribution in [0.1, 0.15) is 56.1 Å². The zero-order chi connectivity index (χ0) is 24.1. The van der Waals surface area contributed by atoms with Gasteiger partial charge in [-0.2, -0.15) is 0 Å². The minimum Gasteiger partial charge on any atom is -0.481 e. The number of hydrogen-bond donors (Lipinski definition) is 2. The summed E-state index contributed by atoms with van der Waals surface area (Å²) in [4.78, 5) is 38.3. The third-order valence-corrected chi connectivity index (χ3v) is 6.99. The van der Waals surface area contributed by atoms with Gasteiger partial charge in [0, 0.05) is 31.5 Å². The van der Waals surface area contributed by atoms with Gasteiger partial charge in [-0.05, 0) is 48.4 Å². The van der Waals surface area contributed by atoms with Crippen LogP contribution in [-0.4, -0.2) is 53.7 Å². The van der Waals surface area contributed by atoms with E-state index < -0.39 is 12.1 Å². The first-order chi connectivity index (χ1) is 16.5. The normalized spacial score (nSPS) is 18.7. The third-order valence-electron chi connectivity index (χ3n) is 6.99. The first-order valence-corrected chi connectivity index (χ1v) is 12.1. The van der Waals surface area contributed by atoms with Crippen LogP contribution in [0.5, 0.6) is 0 Å². The van der Waals surface area contributed by atoms with Gasteiger partial charge in [-0.25, -0.2) is 4.79 Å². The Bertz CT molecular complexity index is 1010. The Morgan fingerprint density at radius 1 is 1.03 bits per heavy atom. The molecule has 4 rings (SSSR count). The molecule has 2 amide bonds. The molecule has 0 radical (unpaired) electrons. The average Bonchev–Trinajstić information content (AvgIpc) is 3.42. The highest BCUT2D eigenvalue weighted by atomic mass is 16.5. The Morgan fingerprint density at radius 3 is 2.29 bits per heavy atom. The van der Waals surface area contributed by atoms with Gasteiger partial charge in [0.05, 0.1) is 5.92 Å². The SMILES string of the molecule is CCN(CCCC(=O)O)C(=O)C1CCCC1NC(=O)OCC1c2ccccc2-c2ccccc21. The maximum atomic E-state index is 13.1. The molecule has 2 aromatic carbocycles. The summed E-state index contributed by atoms with van der Waals surface area (Å²) in [5, 5.41) is 11.8. The van der Waals surface area contributed by atoms with Crippen LogP contribution in [0.3, 0.4) is 0 Å². The second-order valence-corrected chi connectivity index (χ2v) is 9.03. The lowest BCUT2D eigenvalue weighted by atomic mass is 9.98. The van der Waals surface area contributed by atoms with E-state index in [9.17, 15) is 14.4 Å². The molecule has 2 aliphatic rings. The molecule has 7 nitrogen and oxygen atoms in total. The third kappa shape index (κ3) is 5.08. The zero-order valence-electron chi connectivity index (χ0n) is 19.5. The molecule has 2 N–H and O–H groups in total. The molecular weight excluding hydrogens is 432 g/mol. The fourth-order valence-electron chi connectivity index (χ4n) is 5.30. The maximum Gasteiger partial charge on any atom is 0.407 e. The summed E-state index contributed by atoms with van der Waals surface area (Å²) in [6, 6.07) is 16.1. The molecule has 0 spiro atoms. The van der Waals surface area contributed by atoms with Crippen molar-refractivity contribution < 1.29 is 24.2 Å². The van der Waals surface area contributed by atoms with E-state index in [0.717, 1.165) is 24.0 Å². The summed E-state index contributed by atoms with van der Waals surface area (Å²) < 4.78 is 5.67. The van der Waals surface area contributed by atoms with Crippen molar-refractivity contribution in [2.24, 2.45) is 5.92 Å². The van der Waals surface area contributed by atoms with Gasteiger partial charge < -0.3 is 20.1 Å². The van der Waals surface area contributed by atoms with Crippen molar-refractivity contribution in [3.63, 3.8) is 0 Å². The number of carbonyl (C=O) groups excluding carboxylic acids is 2. The van der Waals surface area contributed by atoms with Crippen molar-refractivity contribution in [3.05, 3.63) is 59.7 Å². The lowest BCUT2D eigenvalue weighted by Crippen LogP contribution is -2.46. The van der Waals surface area contributed by atoms with E-state index >= 15 is 0 Å². The van der Waals surface area contributed by atoms with Crippen molar-refractivity contribution in [3.8, 4) is 11.1 Å². The maximum absolute atomic E-state index is 13.1. The number of fused-ring (bicyclic) bond motifs is 3. The number of hydrogen-bond acceptors (Lipinski definition) is 4. The Morgan fingerprint density at radius 2 is 1.68 bits per heavy atom. The van der Waals surface area contributed by atoms with Crippen LogP contribution in [0.25, 0.3) is 11.1 Å². The number of nitrogens with zero attached hydrogens (tertiary/aromatic N) is 1. The molecule has 180 valence electrons. The van der Waals surface area contributed by atoms with Crippen LogP contribution in [-0.2, 0) is 14.3 Å². The molecule has 0 saturated heterocycles. The first kappa shape index (κ1) is 23.8. The molecule has 1 fully saturated rings. The minimum atomic E-state index is -0.862. The monoisotopic (exact) mass is 464 g/mol. The fraction of sp³-hybridized carbons (Fsp3) is 0.444. The van der Waals surface area contributed by atoms with Crippen LogP contribution in [0, 0.1) is 5.92 Å². The first-order valence-electron chi connectivity index (χ1n) is 12.1. The average molecular weight is 465 g/mol. The number of benzene rings is 2. The molecule has 34 heavy (non-hydrogen) atoms. The predicted molar refractivity (Wildman–Crippen MR) is 128 cm³/mol. The van der Waals surface area contributed by atoms with Gasteiger partial charge in [0.25, 0.3) is 0 Å². The highest BCUT2D eigenvalue weighted by molar-refractivity contribution is 5.81. The van der Waals surface area contributed by atoms with Crippen molar-refractivity contribution in [1.82, 2.24) is 10.2 Å². The summed E-state index contributed by atoms with van der Waals surface area (Å²) in [5.41, 5.74) is 4.67. The predicted octanol–water partition coefficient (Wildman–Crippen LogP) is 4.41. The minimum absolute atomic E-state index is 0.0102. The number of alkyl carbamates (subject to hydrolysis) is 1. The van der Waals surface area contributed by atoms with E-state index in [-0.39, 0.29) is 36.8 Å². The topological polar surface area (TPSA) is 95.9 Å². The summed E-state index contributed by atoms with van der Waals surface area (Å²) >= 11 is 0. The van der Waals surface area contributed by atoms with Crippen molar-refractivity contribution in [2.45, 2.75) is 51.0 Å². The lowest BCUT2D eigenvalue weighted by Gasteiger charge is -2.27. The summed E-state index contributed by atoms with van der Waals surface area (Å²) in [6.45, 7) is 3.06. The van der Waals surface area contributed by atoms with E-state index in [1.54, 1.807) is 4.90 Å².